The second-order valence-electron chi connectivity index (χ2n) is 5.58. The molecule has 0 radical (unpaired) electrons. The van der Waals surface area contributed by atoms with Gasteiger partial charge < -0.3 is 10.4 Å². The molecule has 0 aliphatic carbocycles. The molecule has 2 N–H and O–H groups in total. The Balaban J connectivity index is 1.89. The van der Waals surface area contributed by atoms with Crippen molar-refractivity contribution >= 4 is 23.2 Å². The molecule has 4 nitrogen and oxygen atoms in total. The van der Waals surface area contributed by atoms with Crippen LogP contribution in [-0.4, -0.2) is 41.7 Å². The lowest BCUT2D eigenvalue weighted by molar-refractivity contribution is -0.118. The molecule has 0 aromatic heterocycles. The molecule has 1 heterocycles. The Morgan fingerprint density at radius 3 is 2.95 bits per heavy atom. The number of carbonyl (C=O) groups is 1. The van der Waals surface area contributed by atoms with Gasteiger partial charge in [-0.3, -0.25) is 9.69 Å². The minimum atomic E-state index is -0.243. The molecule has 1 aromatic rings. The second-order valence-corrected chi connectivity index (χ2v) is 6.01. The summed E-state index contributed by atoms with van der Waals surface area (Å²) in [5.41, 5.74) is 1.75. The predicted octanol–water partition coefficient (Wildman–Crippen LogP) is 2.29. The monoisotopic (exact) mass is 296 g/mol. The van der Waals surface area contributed by atoms with Gasteiger partial charge in [0.2, 0.25) is 5.91 Å². The molecule has 5 heteroatoms. The van der Waals surface area contributed by atoms with Gasteiger partial charge >= 0.3 is 0 Å². The van der Waals surface area contributed by atoms with Gasteiger partial charge in [-0.25, -0.2) is 0 Å². The summed E-state index contributed by atoms with van der Waals surface area (Å²) in [6.07, 6.45) is 0.488. The first kappa shape index (κ1) is 15.3. The lowest BCUT2D eigenvalue weighted by atomic mass is 9.97. The SMILES string of the molecule is Cc1cc(Cl)ccc1NC(=O)CN1CCC(O)C(C)C1. The van der Waals surface area contributed by atoms with Gasteiger partial charge in [0.15, 0.2) is 0 Å². The van der Waals surface area contributed by atoms with E-state index in [2.05, 4.69) is 10.2 Å². The normalized spacial score (nSPS) is 23.6. The third-order valence-electron chi connectivity index (χ3n) is 3.77. The standard InChI is InChI=1S/C15H21ClN2O2/c1-10-7-12(16)3-4-13(10)17-15(20)9-18-6-5-14(19)11(2)8-18/h3-4,7,11,14,19H,5-6,8-9H2,1-2H3,(H,17,20). The van der Waals surface area contributed by atoms with E-state index in [-0.39, 0.29) is 17.9 Å². The first-order chi connectivity index (χ1) is 9.45. The van der Waals surface area contributed by atoms with Gasteiger partial charge in [0.05, 0.1) is 12.6 Å². The highest BCUT2D eigenvalue weighted by Gasteiger charge is 2.25. The summed E-state index contributed by atoms with van der Waals surface area (Å²) in [6, 6.07) is 5.41. The van der Waals surface area contributed by atoms with Gasteiger partial charge in [0.1, 0.15) is 0 Å². The highest BCUT2D eigenvalue weighted by atomic mass is 35.5. The third-order valence-corrected chi connectivity index (χ3v) is 4.01. The number of benzene rings is 1. The molecule has 1 aromatic carbocycles. The van der Waals surface area contributed by atoms with Crippen LogP contribution in [0.15, 0.2) is 18.2 Å². The predicted molar refractivity (Wildman–Crippen MR) is 81.0 cm³/mol. The van der Waals surface area contributed by atoms with Crippen molar-refractivity contribution in [3.63, 3.8) is 0 Å². The summed E-state index contributed by atoms with van der Waals surface area (Å²) in [4.78, 5) is 14.1. The second kappa shape index (κ2) is 6.57. The van der Waals surface area contributed by atoms with Crippen LogP contribution in [0, 0.1) is 12.8 Å². The molecule has 110 valence electrons. The highest BCUT2D eigenvalue weighted by Crippen LogP contribution is 2.20. The fourth-order valence-corrected chi connectivity index (χ4v) is 2.75. The van der Waals surface area contributed by atoms with Gasteiger partial charge in [-0.05, 0) is 43.0 Å². The van der Waals surface area contributed by atoms with Crippen LogP contribution < -0.4 is 5.32 Å². The van der Waals surface area contributed by atoms with Gasteiger partial charge in [0.25, 0.3) is 0 Å². The topological polar surface area (TPSA) is 52.6 Å². The van der Waals surface area contributed by atoms with Crippen LogP contribution in [0.4, 0.5) is 5.69 Å². The van der Waals surface area contributed by atoms with E-state index in [1.54, 1.807) is 6.07 Å². The number of amides is 1. The van der Waals surface area contributed by atoms with E-state index >= 15 is 0 Å². The fourth-order valence-electron chi connectivity index (χ4n) is 2.52. The van der Waals surface area contributed by atoms with Crippen LogP contribution in [-0.2, 0) is 4.79 Å². The first-order valence-electron chi connectivity index (χ1n) is 6.92. The molecule has 1 saturated heterocycles. The zero-order valence-electron chi connectivity index (χ0n) is 11.9. The van der Waals surface area contributed by atoms with Gasteiger partial charge in [-0.15, -0.1) is 0 Å². The highest BCUT2D eigenvalue weighted by molar-refractivity contribution is 6.30. The van der Waals surface area contributed by atoms with Crippen molar-refractivity contribution in [2.75, 3.05) is 25.0 Å². The molecule has 2 rings (SSSR count). The van der Waals surface area contributed by atoms with Crippen LogP contribution in [0.2, 0.25) is 5.02 Å². The number of nitrogens with one attached hydrogen (secondary N) is 1. The molecule has 2 unspecified atom stereocenters. The average Bonchev–Trinajstić information content (AvgIpc) is 2.37. The van der Waals surface area contributed by atoms with E-state index in [0.717, 1.165) is 30.8 Å². The van der Waals surface area contributed by atoms with Crippen molar-refractivity contribution in [2.24, 2.45) is 5.92 Å². The number of hydrogen-bond donors (Lipinski definition) is 2. The Hall–Kier alpha value is -1.10. The lowest BCUT2D eigenvalue weighted by Gasteiger charge is -2.33. The van der Waals surface area contributed by atoms with Crippen molar-refractivity contribution in [1.29, 1.82) is 0 Å². The van der Waals surface area contributed by atoms with E-state index in [9.17, 15) is 9.90 Å². The van der Waals surface area contributed by atoms with Crippen LogP contribution >= 0.6 is 11.6 Å². The van der Waals surface area contributed by atoms with Crippen molar-refractivity contribution in [3.8, 4) is 0 Å². The third kappa shape index (κ3) is 3.95. The average molecular weight is 297 g/mol. The van der Waals surface area contributed by atoms with Crippen LogP contribution in [0.25, 0.3) is 0 Å². The molecule has 0 saturated carbocycles. The van der Waals surface area contributed by atoms with Crippen molar-refractivity contribution in [2.45, 2.75) is 26.4 Å². The maximum atomic E-state index is 12.1. The maximum Gasteiger partial charge on any atom is 0.238 e. The zero-order chi connectivity index (χ0) is 14.7. The lowest BCUT2D eigenvalue weighted by Crippen LogP contribution is -2.45. The Morgan fingerprint density at radius 1 is 1.55 bits per heavy atom. The molecule has 1 amide bonds. The largest absolute Gasteiger partial charge is 0.393 e. The number of rotatable bonds is 3. The number of aliphatic hydroxyl groups excluding tert-OH is 1. The Morgan fingerprint density at radius 2 is 2.30 bits per heavy atom. The summed E-state index contributed by atoms with van der Waals surface area (Å²) in [6.45, 7) is 5.81. The van der Waals surface area contributed by atoms with E-state index in [1.165, 1.54) is 0 Å². The molecule has 1 fully saturated rings. The summed E-state index contributed by atoms with van der Waals surface area (Å²) in [5, 5.41) is 13.3. The minimum Gasteiger partial charge on any atom is -0.393 e. The van der Waals surface area contributed by atoms with E-state index in [1.807, 2.05) is 26.0 Å². The molecule has 2 atom stereocenters. The number of nitrogens with zero attached hydrogens (tertiary/aromatic N) is 1. The number of anilines is 1. The number of likely N-dealkylation sites (tertiary alicyclic amines) is 1. The molecule has 0 spiro atoms. The number of aryl methyl sites for hydroxylation is 1. The summed E-state index contributed by atoms with van der Waals surface area (Å²) >= 11 is 5.89. The maximum absolute atomic E-state index is 12.1. The Labute approximate surface area is 124 Å². The van der Waals surface area contributed by atoms with Crippen LogP contribution in [0.1, 0.15) is 18.9 Å². The quantitative estimate of drug-likeness (QED) is 0.900. The van der Waals surface area contributed by atoms with Gasteiger partial charge in [-0.1, -0.05) is 18.5 Å². The number of halogens is 1. The summed E-state index contributed by atoms with van der Waals surface area (Å²) < 4.78 is 0. The fraction of sp³-hybridized carbons (Fsp3) is 0.533. The van der Waals surface area contributed by atoms with E-state index in [0.29, 0.717) is 11.6 Å². The molecular formula is C15H21ClN2O2. The van der Waals surface area contributed by atoms with Crippen LogP contribution in [0.5, 0.6) is 0 Å². The number of carbonyl (C=O) groups excluding carboxylic acids is 1. The smallest absolute Gasteiger partial charge is 0.238 e. The van der Waals surface area contributed by atoms with E-state index < -0.39 is 0 Å². The van der Waals surface area contributed by atoms with Gasteiger partial charge in [-0.2, -0.15) is 0 Å². The Bertz CT molecular complexity index is 493. The Kier molecular flexibility index (Phi) is 5.02. The summed E-state index contributed by atoms with van der Waals surface area (Å²) in [5.74, 6) is 0.188. The minimum absolute atomic E-state index is 0.0287. The molecule has 1 aliphatic rings. The number of piperidine rings is 1. The molecule has 0 bridgehead atoms. The molecule has 1 aliphatic heterocycles. The van der Waals surface area contributed by atoms with E-state index in [4.69, 9.17) is 11.6 Å². The molecular weight excluding hydrogens is 276 g/mol. The number of hydrogen-bond acceptors (Lipinski definition) is 3. The van der Waals surface area contributed by atoms with Crippen molar-refractivity contribution in [1.82, 2.24) is 4.90 Å². The van der Waals surface area contributed by atoms with Crippen LogP contribution in [0.3, 0.4) is 0 Å². The first-order valence-corrected chi connectivity index (χ1v) is 7.30. The zero-order valence-corrected chi connectivity index (χ0v) is 12.7. The number of aliphatic hydroxyl groups is 1. The summed E-state index contributed by atoms with van der Waals surface area (Å²) in [7, 11) is 0. The molecule has 20 heavy (non-hydrogen) atoms. The van der Waals surface area contributed by atoms with Gasteiger partial charge in [0, 0.05) is 23.8 Å². The van der Waals surface area contributed by atoms with Crippen molar-refractivity contribution in [3.05, 3.63) is 28.8 Å². The van der Waals surface area contributed by atoms with Crippen molar-refractivity contribution < 1.29 is 9.90 Å².